The number of carbonyl (C=O) groups is 1. The first-order valence-electron chi connectivity index (χ1n) is 4.79. The summed E-state index contributed by atoms with van der Waals surface area (Å²) in [6, 6.07) is 1.93. The number of carbonyl (C=O) groups excluding carboxylic acids is 1. The molecule has 0 bridgehead atoms. The molecule has 0 saturated heterocycles. The Morgan fingerprint density at radius 2 is 2.31 bits per heavy atom. The third-order valence-corrected chi connectivity index (χ3v) is 3.47. The maximum atomic E-state index is 10.6. The van der Waals surface area contributed by atoms with Crippen LogP contribution in [-0.2, 0) is 0 Å². The Kier molecular flexibility index (Phi) is 3.07. The van der Waals surface area contributed by atoms with E-state index in [2.05, 4.69) is 23.9 Å². The SMILES string of the molecule is CC(C)c1ccn(-c2nc(Cl)c(C=O)s2)n1. The molecule has 0 saturated carbocycles. The number of aromatic nitrogens is 3. The first-order chi connectivity index (χ1) is 7.61. The smallest absolute Gasteiger partial charge is 0.212 e. The summed E-state index contributed by atoms with van der Waals surface area (Å²) in [6.07, 6.45) is 2.52. The van der Waals surface area contributed by atoms with Crippen LogP contribution in [0, 0.1) is 0 Å². The Bertz CT molecular complexity index is 518. The van der Waals surface area contributed by atoms with Crippen LogP contribution in [0.4, 0.5) is 0 Å². The van der Waals surface area contributed by atoms with Gasteiger partial charge in [0, 0.05) is 6.20 Å². The molecule has 16 heavy (non-hydrogen) atoms. The highest BCUT2D eigenvalue weighted by molar-refractivity contribution is 7.16. The molecule has 0 spiro atoms. The van der Waals surface area contributed by atoms with E-state index in [9.17, 15) is 4.79 Å². The standard InChI is InChI=1S/C10H10ClN3OS/c1-6(2)7-3-4-14(13-7)10-12-9(11)8(5-15)16-10/h3-6H,1-2H3. The van der Waals surface area contributed by atoms with Gasteiger partial charge in [-0.25, -0.2) is 9.67 Å². The first-order valence-corrected chi connectivity index (χ1v) is 5.98. The molecule has 0 N–H and O–H groups in total. The molecule has 2 aromatic rings. The van der Waals surface area contributed by atoms with E-state index in [4.69, 9.17) is 11.6 Å². The largest absolute Gasteiger partial charge is 0.297 e. The highest BCUT2D eigenvalue weighted by Gasteiger charge is 2.11. The molecule has 4 nitrogen and oxygen atoms in total. The molecule has 0 aromatic carbocycles. The third kappa shape index (κ3) is 2.01. The summed E-state index contributed by atoms with van der Waals surface area (Å²) in [4.78, 5) is 15.1. The molecular weight excluding hydrogens is 246 g/mol. The summed E-state index contributed by atoms with van der Waals surface area (Å²) in [5.74, 6) is 0.363. The van der Waals surface area contributed by atoms with Crippen molar-refractivity contribution in [1.82, 2.24) is 14.8 Å². The van der Waals surface area contributed by atoms with Crippen molar-refractivity contribution in [3.63, 3.8) is 0 Å². The Balaban J connectivity index is 2.38. The highest BCUT2D eigenvalue weighted by atomic mass is 35.5. The third-order valence-electron chi connectivity index (χ3n) is 2.10. The van der Waals surface area contributed by atoms with E-state index in [1.165, 1.54) is 11.3 Å². The van der Waals surface area contributed by atoms with Crippen LogP contribution in [0.15, 0.2) is 12.3 Å². The van der Waals surface area contributed by atoms with Crippen molar-refractivity contribution in [2.75, 3.05) is 0 Å². The zero-order chi connectivity index (χ0) is 11.7. The number of thiazole rings is 1. The van der Waals surface area contributed by atoms with Gasteiger partial charge in [-0.3, -0.25) is 4.79 Å². The fourth-order valence-electron chi connectivity index (χ4n) is 1.23. The summed E-state index contributed by atoms with van der Waals surface area (Å²) < 4.78 is 1.64. The minimum absolute atomic E-state index is 0.233. The normalized spacial score (nSPS) is 11.0. The summed E-state index contributed by atoms with van der Waals surface area (Å²) in [5.41, 5.74) is 0.985. The number of halogens is 1. The highest BCUT2D eigenvalue weighted by Crippen LogP contribution is 2.24. The van der Waals surface area contributed by atoms with Crippen molar-refractivity contribution in [3.8, 4) is 5.13 Å². The summed E-state index contributed by atoms with van der Waals surface area (Å²) in [7, 11) is 0. The van der Waals surface area contributed by atoms with E-state index in [1.807, 2.05) is 12.3 Å². The van der Waals surface area contributed by atoms with Gasteiger partial charge in [0.15, 0.2) is 11.4 Å². The van der Waals surface area contributed by atoms with Gasteiger partial charge in [-0.1, -0.05) is 36.8 Å². The van der Waals surface area contributed by atoms with Crippen molar-refractivity contribution < 1.29 is 4.79 Å². The van der Waals surface area contributed by atoms with E-state index in [1.54, 1.807) is 4.68 Å². The number of hydrogen-bond acceptors (Lipinski definition) is 4. The van der Waals surface area contributed by atoms with Gasteiger partial charge in [-0.2, -0.15) is 5.10 Å². The predicted molar refractivity (Wildman–Crippen MR) is 63.7 cm³/mol. The Labute approximate surface area is 102 Å². The van der Waals surface area contributed by atoms with Gasteiger partial charge >= 0.3 is 0 Å². The van der Waals surface area contributed by atoms with Crippen molar-refractivity contribution in [3.05, 3.63) is 28.0 Å². The van der Waals surface area contributed by atoms with E-state index in [0.29, 0.717) is 22.2 Å². The quantitative estimate of drug-likeness (QED) is 0.793. The van der Waals surface area contributed by atoms with Gasteiger partial charge in [0.2, 0.25) is 5.13 Å². The van der Waals surface area contributed by atoms with Crippen LogP contribution in [0.25, 0.3) is 5.13 Å². The number of aldehydes is 1. The Morgan fingerprint density at radius 1 is 1.56 bits per heavy atom. The minimum Gasteiger partial charge on any atom is -0.297 e. The minimum atomic E-state index is 0.233. The van der Waals surface area contributed by atoms with Crippen molar-refractivity contribution in [2.24, 2.45) is 0 Å². The van der Waals surface area contributed by atoms with Crippen molar-refractivity contribution in [1.29, 1.82) is 0 Å². The number of nitrogens with zero attached hydrogens (tertiary/aromatic N) is 3. The monoisotopic (exact) mass is 255 g/mol. The Morgan fingerprint density at radius 3 is 2.81 bits per heavy atom. The van der Waals surface area contributed by atoms with Crippen molar-refractivity contribution in [2.45, 2.75) is 19.8 Å². The van der Waals surface area contributed by atoms with E-state index in [-0.39, 0.29) is 5.15 Å². The molecule has 2 rings (SSSR count). The molecule has 0 aliphatic rings. The fraction of sp³-hybridized carbons (Fsp3) is 0.300. The van der Waals surface area contributed by atoms with Gasteiger partial charge in [-0.15, -0.1) is 0 Å². The summed E-state index contributed by atoms with van der Waals surface area (Å²) in [6.45, 7) is 4.14. The maximum absolute atomic E-state index is 10.6. The van der Waals surface area contributed by atoms with Crippen LogP contribution >= 0.6 is 22.9 Å². The molecular formula is C10H10ClN3OS. The molecule has 84 valence electrons. The fourth-order valence-corrected chi connectivity index (χ4v) is 2.22. The molecule has 0 atom stereocenters. The molecule has 0 unspecified atom stereocenters. The lowest BCUT2D eigenvalue weighted by molar-refractivity contribution is 0.112. The Hall–Kier alpha value is -1.20. The topological polar surface area (TPSA) is 47.8 Å². The molecule has 0 fully saturated rings. The second-order valence-electron chi connectivity index (χ2n) is 3.61. The van der Waals surface area contributed by atoms with Crippen LogP contribution in [-0.4, -0.2) is 21.1 Å². The van der Waals surface area contributed by atoms with Crippen LogP contribution in [0.5, 0.6) is 0 Å². The van der Waals surface area contributed by atoms with Crippen LogP contribution in [0.1, 0.15) is 35.1 Å². The summed E-state index contributed by atoms with van der Waals surface area (Å²) in [5, 5.41) is 5.20. The molecule has 2 heterocycles. The molecule has 0 radical (unpaired) electrons. The number of hydrogen-bond donors (Lipinski definition) is 0. The molecule has 6 heteroatoms. The second kappa shape index (κ2) is 4.35. The lowest BCUT2D eigenvalue weighted by Gasteiger charge is -1.97. The van der Waals surface area contributed by atoms with Gasteiger partial charge in [0.1, 0.15) is 4.88 Å². The maximum Gasteiger partial charge on any atom is 0.212 e. The van der Waals surface area contributed by atoms with Crippen LogP contribution < -0.4 is 0 Å². The average Bonchev–Trinajstić information content (AvgIpc) is 2.83. The van der Waals surface area contributed by atoms with E-state index in [0.717, 1.165) is 5.69 Å². The van der Waals surface area contributed by atoms with Gasteiger partial charge in [0.25, 0.3) is 0 Å². The zero-order valence-corrected chi connectivity index (χ0v) is 10.4. The van der Waals surface area contributed by atoms with Gasteiger partial charge in [-0.05, 0) is 12.0 Å². The number of rotatable bonds is 3. The molecule has 0 aliphatic carbocycles. The first kappa shape index (κ1) is 11.3. The van der Waals surface area contributed by atoms with Crippen LogP contribution in [0.2, 0.25) is 5.15 Å². The predicted octanol–water partition coefficient (Wildman–Crippen LogP) is 2.92. The lowest BCUT2D eigenvalue weighted by Crippen LogP contribution is -1.96. The van der Waals surface area contributed by atoms with Gasteiger partial charge < -0.3 is 0 Å². The lowest BCUT2D eigenvalue weighted by atomic mass is 10.1. The van der Waals surface area contributed by atoms with Gasteiger partial charge in [0.05, 0.1) is 5.69 Å². The molecule has 0 amide bonds. The molecule has 2 aromatic heterocycles. The van der Waals surface area contributed by atoms with Crippen LogP contribution in [0.3, 0.4) is 0 Å². The molecule has 0 aliphatic heterocycles. The second-order valence-corrected chi connectivity index (χ2v) is 4.98. The zero-order valence-electron chi connectivity index (χ0n) is 8.85. The van der Waals surface area contributed by atoms with E-state index < -0.39 is 0 Å². The van der Waals surface area contributed by atoms with E-state index >= 15 is 0 Å². The van der Waals surface area contributed by atoms with Crippen molar-refractivity contribution >= 4 is 29.2 Å². The summed E-state index contributed by atoms with van der Waals surface area (Å²) >= 11 is 7.02. The average molecular weight is 256 g/mol.